The van der Waals surface area contributed by atoms with E-state index in [9.17, 15) is 9.59 Å². The van der Waals surface area contributed by atoms with Crippen LogP contribution in [-0.2, 0) is 11.3 Å². The minimum absolute atomic E-state index is 0.0177. The zero-order valence-electron chi connectivity index (χ0n) is 16.4. The molecule has 0 aliphatic heterocycles. The first kappa shape index (κ1) is 19.8. The molecule has 4 rings (SSSR count). The lowest BCUT2D eigenvalue weighted by molar-refractivity contribution is -0.122. The minimum Gasteiger partial charge on any atom is -0.352 e. The quantitative estimate of drug-likeness (QED) is 0.508. The summed E-state index contributed by atoms with van der Waals surface area (Å²) in [6.45, 7) is 3.69. The average molecular weight is 427 g/mol. The van der Waals surface area contributed by atoms with E-state index < -0.39 is 5.69 Å². The highest BCUT2D eigenvalue weighted by Crippen LogP contribution is 2.25. The van der Waals surface area contributed by atoms with Gasteiger partial charge < -0.3 is 9.84 Å². The molecule has 3 aromatic heterocycles. The Kier molecular flexibility index (Phi) is 5.37. The monoisotopic (exact) mass is 426 g/mol. The van der Waals surface area contributed by atoms with Crippen LogP contribution in [0.1, 0.15) is 20.3 Å². The van der Waals surface area contributed by atoms with Crippen molar-refractivity contribution in [3.8, 4) is 22.8 Å². The highest BCUT2D eigenvalue weighted by molar-refractivity contribution is 6.30. The van der Waals surface area contributed by atoms with Crippen LogP contribution >= 0.6 is 11.6 Å². The summed E-state index contributed by atoms with van der Waals surface area (Å²) in [5.41, 5.74) is 1.08. The Hall–Kier alpha value is -3.46. The van der Waals surface area contributed by atoms with E-state index in [1.54, 1.807) is 36.5 Å². The van der Waals surface area contributed by atoms with E-state index in [2.05, 4.69) is 20.6 Å². The summed E-state index contributed by atoms with van der Waals surface area (Å²) in [4.78, 5) is 29.3. The van der Waals surface area contributed by atoms with E-state index in [0.717, 1.165) is 11.1 Å². The summed E-state index contributed by atoms with van der Waals surface area (Å²) in [6, 6.07) is 10.5. The van der Waals surface area contributed by atoms with Crippen LogP contribution in [-0.4, -0.2) is 36.3 Å². The summed E-state index contributed by atoms with van der Waals surface area (Å²) in [5.74, 6) is 0.290. The summed E-state index contributed by atoms with van der Waals surface area (Å²) < 4.78 is 7.86. The molecule has 1 N–H and O–H groups in total. The second-order valence-electron chi connectivity index (χ2n) is 6.87. The van der Waals surface area contributed by atoms with Crippen LogP contribution in [0.2, 0.25) is 5.02 Å². The lowest BCUT2D eigenvalue weighted by Gasteiger charge is -2.10. The summed E-state index contributed by atoms with van der Waals surface area (Å²) in [7, 11) is 0. The molecule has 30 heavy (non-hydrogen) atoms. The van der Waals surface area contributed by atoms with Crippen molar-refractivity contribution in [1.82, 2.24) is 29.6 Å². The van der Waals surface area contributed by atoms with Gasteiger partial charge in [0.05, 0.1) is 5.56 Å². The Balaban J connectivity index is 1.69. The largest absolute Gasteiger partial charge is 0.352 e. The van der Waals surface area contributed by atoms with Gasteiger partial charge in [0, 0.05) is 22.8 Å². The highest BCUT2D eigenvalue weighted by atomic mass is 35.5. The van der Waals surface area contributed by atoms with Crippen LogP contribution in [0.25, 0.3) is 28.5 Å². The van der Waals surface area contributed by atoms with Crippen LogP contribution in [0.4, 0.5) is 0 Å². The zero-order valence-corrected chi connectivity index (χ0v) is 17.1. The van der Waals surface area contributed by atoms with Crippen LogP contribution in [0.3, 0.4) is 0 Å². The number of nitrogens with zero attached hydrogens (tertiary/aromatic N) is 5. The van der Waals surface area contributed by atoms with Gasteiger partial charge in [0.1, 0.15) is 6.54 Å². The number of hydrogen-bond acceptors (Lipinski definition) is 6. The normalized spacial score (nSPS) is 12.2. The number of nitrogens with one attached hydrogen (secondary N) is 1. The lowest BCUT2D eigenvalue weighted by Crippen LogP contribution is -2.37. The van der Waals surface area contributed by atoms with Gasteiger partial charge in [-0.2, -0.15) is 4.98 Å². The molecule has 1 aromatic carbocycles. The van der Waals surface area contributed by atoms with Gasteiger partial charge in [-0.3, -0.25) is 4.79 Å². The molecule has 4 aromatic rings. The topological polar surface area (TPSA) is 107 Å². The molecule has 0 bridgehead atoms. The van der Waals surface area contributed by atoms with Crippen molar-refractivity contribution < 1.29 is 9.32 Å². The van der Waals surface area contributed by atoms with Gasteiger partial charge in [-0.05, 0) is 37.6 Å². The standard InChI is InChI=1S/C20H19ClN6O3/c1-3-12(2)22-16(28)11-27-20(29)26-9-5-8-15(18(26)24-27)19-23-17(25-30-19)13-6-4-7-14(21)10-13/h4-10,12H,3,11H2,1-2H3,(H,22,28)/t12-/m0/s1. The molecule has 0 radical (unpaired) electrons. The van der Waals surface area contributed by atoms with Gasteiger partial charge >= 0.3 is 5.69 Å². The maximum absolute atomic E-state index is 12.7. The predicted molar refractivity (Wildman–Crippen MR) is 111 cm³/mol. The number of carbonyl (C=O) groups excluding carboxylic acids is 1. The van der Waals surface area contributed by atoms with Crippen LogP contribution in [0.15, 0.2) is 51.9 Å². The number of amides is 1. The SMILES string of the molecule is CC[C@H](C)NC(=O)Cn1nc2c(-c3nc(-c4cccc(Cl)c4)no3)cccn2c1=O. The number of hydrogen-bond donors (Lipinski definition) is 1. The molecule has 0 aliphatic rings. The van der Waals surface area contributed by atoms with Gasteiger partial charge in [-0.25, -0.2) is 13.9 Å². The summed E-state index contributed by atoms with van der Waals surface area (Å²) >= 11 is 6.03. The third kappa shape index (κ3) is 3.84. The number of benzene rings is 1. The second kappa shape index (κ2) is 8.11. The second-order valence-corrected chi connectivity index (χ2v) is 7.30. The van der Waals surface area contributed by atoms with E-state index in [1.165, 1.54) is 4.40 Å². The molecular formula is C20H19ClN6O3. The van der Waals surface area contributed by atoms with E-state index in [-0.39, 0.29) is 24.4 Å². The van der Waals surface area contributed by atoms with E-state index in [0.29, 0.717) is 27.6 Å². The van der Waals surface area contributed by atoms with Crippen LogP contribution < -0.4 is 11.0 Å². The molecule has 0 spiro atoms. The van der Waals surface area contributed by atoms with E-state index in [1.807, 2.05) is 19.9 Å². The third-order valence-corrected chi connectivity index (χ3v) is 4.90. The van der Waals surface area contributed by atoms with Crippen molar-refractivity contribution in [2.75, 3.05) is 0 Å². The van der Waals surface area contributed by atoms with Crippen LogP contribution in [0, 0.1) is 0 Å². The zero-order chi connectivity index (χ0) is 21.3. The lowest BCUT2D eigenvalue weighted by atomic mass is 10.2. The van der Waals surface area contributed by atoms with Crippen molar-refractivity contribution in [2.45, 2.75) is 32.9 Å². The number of pyridine rings is 1. The fourth-order valence-corrected chi connectivity index (χ4v) is 3.13. The molecule has 9 nitrogen and oxygen atoms in total. The van der Waals surface area contributed by atoms with Crippen molar-refractivity contribution >= 4 is 23.2 Å². The number of halogens is 1. The number of aromatic nitrogens is 5. The fourth-order valence-electron chi connectivity index (χ4n) is 2.94. The first-order valence-electron chi connectivity index (χ1n) is 9.44. The number of rotatable bonds is 6. The van der Waals surface area contributed by atoms with Gasteiger partial charge in [0.25, 0.3) is 5.89 Å². The van der Waals surface area contributed by atoms with Crippen molar-refractivity contribution in [3.63, 3.8) is 0 Å². The highest BCUT2D eigenvalue weighted by Gasteiger charge is 2.19. The maximum Gasteiger partial charge on any atom is 0.350 e. The molecule has 0 unspecified atom stereocenters. The Labute approximate surface area is 176 Å². The minimum atomic E-state index is -0.430. The van der Waals surface area contributed by atoms with Crippen molar-refractivity contribution in [1.29, 1.82) is 0 Å². The Morgan fingerprint density at radius 3 is 2.90 bits per heavy atom. The Bertz CT molecular complexity index is 1280. The molecule has 0 aliphatic carbocycles. The Morgan fingerprint density at radius 1 is 1.30 bits per heavy atom. The summed E-state index contributed by atoms with van der Waals surface area (Å²) in [5, 5.41) is 11.7. The molecule has 1 atom stereocenters. The smallest absolute Gasteiger partial charge is 0.350 e. The molecule has 154 valence electrons. The van der Waals surface area contributed by atoms with E-state index in [4.69, 9.17) is 16.1 Å². The summed E-state index contributed by atoms with van der Waals surface area (Å²) in [6.07, 6.45) is 2.37. The molecular weight excluding hydrogens is 408 g/mol. The molecule has 0 fully saturated rings. The van der Waals surface area contributed by atoms with Gasteiger partial charge in [0.2, 0.25) is 11.7 Å². The maximum atomic E-state index is 12.7. The van der Waals surface area contributed by atoms with Gasteiger partial charge in [-0.15, -0.1) is 5.10 Å². The average Bonchev–Trinajstić information content (AvgIpc) is 3.33. The number of fused-ring (bicyclic) bond motifs is 1. The number of carbonyl (C=O) groups is 1. The first-order valence-corrected chi connectivity index (χ1v) is 9.81. The fraction of sp³-hybridized carbons (Fsp3) is 0.250. The first-order chi connectivity index (χ1) is 14.5. The Morgan fingerprint density at radius 2 is 2.13 bits per heavy atom. The molecule has 0 saturated heterocycles. The van der Waals surface area contributed by atoms with E-state index >= 15 is 0 Å². The van der Waals surface area contributed by atoms with Crippen molar-refractivity contribution in [2.24, 2.45) is 0 Å². The molecule has 0 saturated carbocycles. The molecule has 1 amide bonds. The molecule has 3 heterocycles. The van der Waals surface area contributed by atoms with Gasteiger partial charge in [0.15, 0.2) is 5.65 Å². The molecule has 10 heteroatoms. The van der Waals surface area contributed by atoms with Gasteiger partial charge in [-0.1, -0.05) is 35.8 Å². The third-order valence-electron chi connectivity index (χ3n) is 4.66. The van der Waals surface area contributed by atoms with Crippen LogP contribution in [0.5, 0.6) is 0 Å². The predicted octanol–water partition coefficient (Wildman–Crippen LogP) is 2.78. The van der Waals surface area contributed by atoms with Crippen molar-refractivity contribution in [3.05, 3.63) is 58.1 Å².